The van der Waals surface area contributed by atoms with Crippen LogP contribution in [-0.4, -0.2) is 50.8 Å². The lowest BCUT2D eigenvalue weighted by Gasteiger charge is -2.29. The van der Waals surface area contributed by atoms with Crippen LogP contribution < -0.4 is 4.90 Å². The van der Waals surface area contributed by atoms with E-state index < -0.39 is 0 Å². The highest BCUT2D eigenvalue weighted by molar-refractivity contribution is 9.11. The number of imidazole rings is 1. The fourth-order valence-electron chi connectivity index (χ4n) is 4.43. The molecule has 2 aliphatic rings. The van der Waals surface area contributed by atoms with Gasteiger partial charge in [0, 0.05) is 24.1 Å². The summed E-state index contributed by atoms with van der Waals surface area (Å²) in [6, 6.07) is 8.02. The molecule has 29 heavy (non-hydrogen) atoms. The number of hydrogen-bond acceptors (Lipinski definition) is 5. The van der Waals surface area contributed by atoms with Crippen molar-refractivity contribution in [3.05, 3.63) is 38.8 Å². The number of ether oxygens (including phenoxy) is 1. The van der Waals surface area contributed by atoms with Gasteiger partial charge in [-0.2, -0.15) is 0 Å². The highest BCUT2D eigenvalue weighted by atomic mass is 79.9. The van der Waals surface area contributed by atoms with Gasteiger partial charge in [0.2, 0.25) is 5.95 Å². The number of rotatable bonds is 2. The van der Waals surface area contributed by atoms with Crippen molar-refractivity contribution in [1.82, 2.24) is 24.5 Å². The third-order valence-electron chi connectivity index (χ3n) is 5.79. The molecule has 1 fully saturated rings. The Labute approximate surface area is 183 Å². The van der Waals surface area contributed by atoms with Gasteiger partial charge in [-0.3, -0.25) is 0 Å². The molecular weight excluding hydrogens is 500 g/mol. The molecule has 148 valence electrons. The van der Waals surface area contributed by atoms with Crippen LogP contribution >= 0.6 is 31.9 Å². The zero-order valence-corrected chi connectivity index (χ0v) is 18.8. The molecule has 2 aromatic heterocycles. The summed E-state index contributed by atoms with van der Waals surface area (Å²) < 4.78 is 11.8. The Morgan fingerprint density at radius 2 is 1.83 bits per heavy atom. The van der Waals surface area contributed by atoms with Crippen molar-refractivity contribution in [2.75, 3.05) is 31.2 Å². The summed E-state index contributed by atoms with van der Waals surface area (Å²) in [5, 5.41) is 8.80. The number of aryl methyl sites for hydroxylation is 2. The molecule has 9 heteroatoms. The lowest BCUT2D eigenvalue weighted by atomic mass is 10.0. The molecule has 1 saturated heterocycles. The third kappa shape index (κ3) is 2.60. The number of benzene rings is 2. The molecule has 4 aromatic rings. The molecule has 0 radical (unpaired) electrons. The van der Waals surface area contributed by atoms with Crippen LogP contribution in [0.4, 0.5) is 5.95 Å². The van der Waals surface area contributed by atoms with Crippen molar-refractivity contribution >= 4 is 59.9 Å². The van der Waals surface area contributed by atoms with Crippen LogP contribution in [0.3, 0.4) is 0 Å². The molecule has 6 rings (SSSR count). The van der Waals surface area contributed by atoms with Gasteiger partial charge in [-0.1, -0.05) is 17.3 Å². The highest BCUT2D eigenvalue weighted by Gasteiger charge is 2.29. The summed E-state index contributed by atoms with van der Waals surface area (Å²) >= 11 is 7.76. The number of fused-ring (bicyclic) bond motifs is 1. The molecule has 0 unspecified atom stereocenters. The lowest BCUT2D eigenvalue weighted by molar-refractivity contribution is 0.121. The van der Waals surface area contributed by atoms with E-state index in [1.807, 2.05) is 28.9 Å². The molecular formula is C20H18Br2N6O. The van der Waals surface area contributed by atoms with Crippen LogP contribution in [0.15, 0.2) is 33.2 Å². The van der Waals surface area contributed by atoms with Crippen LogP contribution in [0.25, 0.3) is 27.8 Å². The molecule has 0 atom stereocenters. The van der Waals surface area contributed by atoms with Gasteiger partial charge in [-0.05, 0) is 62.4 Å². The minimum absolute atomic E-state index is 0.747. The molecule has 0 saturated carbocycles. The number of hydrogen-bond donors (Lipinski definition) is 0. The first kappa shape index (κ1) is 17.9. The first-order chi connectivity index (χ1) is 14.2. The maximum Gasteiger partial charge on any atom is 0.206 e. The Morgan fingerprint density at radius 1 is 1.00 bits per heavy atom. The van der Waals surface area contributed by atoms with Crippen LogP contribution in [-0.2, 0) is 17.7 Å². The van der Waals surface area contributed by atoms with Crippen molar-refractivity contribution in [2.45, 2.75) is 19.4 Å². The first-order valence-corrected chi connectivity index (χ1v) is 11.4. The van der Waals surface area contributed by atoms with Gasteiger partial charge in [0.15, 0.2) is 0 Å². The number of anilines is 1. The van der Waals surface area contributed by atoms with Gasteiger partial charge in [0.05, 0.1) is 34.4 Å². The van der Waals surface area contributed by atoms with E-state index in [0.29, 0.717) is 0 Å². The minimum atomic E-state index is 0.747. The molecule has 0 spiro atoms. The van der Waals surface area contributed by atoms with E-state index in [2.05, 4.69) is 51.6 Å². The maximum atomic E-state index is 5.54. The topological polar surface area (TPSA) is 61.0 Å². The molecule has 2 aromatic carbocycles. The van der Waals surface area contributed by atoms with Gasteiger partial charge in [-0.15, -0.1) is 5.10 Å². The van der Waals surface area contributed by atoms with Crippen LogP contribution in [0.5, 0.6) is 0 Å². The predicted octanol–water partition coefficient (Wildman–Crippen LogP) is 4.08. The average Bonchev–Trinajstić information content (AvgIpc) is 3.36. The Morgan fingerprint density at radius 3 is 2.69 bits per heavy atom. The largest absolute Gasteiger partial charge is 0.378 e. The second-order valence-electron chi connectivity index (χ2n) is 7.41. The molecule has 0 amide bonds. The number of halogens is 2. The van der Waals surface area contributed by atoms with E-state index in [-0.39, 0.29) is 0 Å². The summed E-state index contributed by atoms with van der Waals surface area (Å²) in [4.78, 5) is 7.44. The van der Waals surface area contributed by atoms with Crippen molar-refractivity contribution < 1.29 is 4.74 Å². The number of aromatic nitrogens is 5. The number of nitrogens with zero attached hydrogens (tertiary/aromatic N) is 6. The van der Waals surface area contributed by atoms with Crippen molar-refractivity contribution in [2.24, 2.45) is 0 Å². The van der Waals surface area contributed by atoms with Gasteiger partial charge < -0.3 is 14.2 Å². The Kier molecular flexibility index (Phi) is 4.18. The fraction of sp³-hybridized carbons (Fsp3) is 0.350. The molecule has 0 bridgehead atoms. The maximum absolute atomic E-state index is 5.54. The van der Waals surface area contributed by atoms with E-state index in [1.165, 1.54) is 11.1 Å². The monoisotopic (exact) mass is 516 g/mol. The second-order valence-corrected chi connectivity index (χ2v) is 8.99. The molecule has 7 nitrogen and oxygen atoms in total. The second kappa shape index (κ2) is 6.78. The third-order valence-corrected chi connectivity index (χ3v) is 7.39. The average molecular weight is 518 g/mol. The van der Waals surface area contributed by atoms with E-state index >= 15 is 0 Å². The van der Waals surface area contributed by atoms with Gasteiger partial charge in [0.1, 0.15) is 11.0 Å². The first-order valence-electron chi connectivity index (χ1n) is 9.77. The molecule has 0 N–H and O–H groups in total. The summed E-state index contributed by atoms with van der Waals surface area (Å²) in [5.41, 5.74) is 6.30. The van der Waals surface area contributed by atoms with E-state index in [9.17, 15) is 0 Å². The lowest BCUT2D eigenvalue weighted by Crippen LogP contribution is -2.38. The van der Waals surface area contributed by atoms with Gasteiger partial charge in [-0.25, -0.2) is 9.67 Å². The predicted molar refractivity (Wildman–Crippen MR) is 119 cm³/mol. The summed E-state index contributed by atoms with van der Waals surface area (Å²) in [7, 11) is 0. The van der Waals surface area contributed by atoms with E-state index in [4.69, 9.17) is 9.72 Å². The Hall–Kier alpha value is -1.97. The molecule has 2 aliphatic heterocycles. The standard InChI is InChI=1S/C20H18Br2N6O/c21-15-12-4-3-7-27-18(12)17(23-20(27)26-8-10-29-11-9-26)16(22)19(15)28-14-6-2-1-5-13(14)24-25-28/h1-2,5-6H,3-4,7-11H2. The van der Waals surface area contributed by atoms with Crippen molar-refractivity contribution in [3.63, 3.8) is 0 Å². The van der Waals surface area contributed by atoms with Crippen molar-refractivity contribution in [1.29, 1.82) is 0 Å². The summed E-state index contributed by atoms with van der Waals surface area (Å²) in [6.45, 7) is 4.23. The summed E-state index contributed by atoms with van der Waals surface area (Å²) in [5.74, 6) is 1.04. The van der Waals surface area contributed by atoms with Crippen LogP contribution in [0.2, 0.25) is 0 Å². The van der Waals surface area contributed by atoms with Crippen molar-refractivity contribution in [3.8, 4) is 5.69 Å². The highest BCUT2D eigenvalue weighted by Crippen LogP contribution is 2.44. The number of para-hydroxylation sites is 1. The zero-order chi connectivity index (χ0) is 19.5. The molecule has 4 heterocycles. The Bertz CT molecular complexity index is 1260. The number of morpholine rings is 1. The zero-order valence-electron chi connectivity index (χ0n) is 15.6. The smallest absolute Gasteiger partial charge is 0.206 e. The normalized spacial score (nSPS) is 16.8. The van der Waals surface area contributed by atoms with Gasteiger partial charge in [0.25, 0.3) is 0 Å². The molecule has 0 aliphatic carbocycles. The van der Waals surface area contributed by atoms with E-state index in [1.54, 1.807) is 0 Å². The van der Waals surface area contributed by atoms with Crippen LogP contribution in [0, 0.1) is 0 Å². The minimum Gasteiger partial charge on any atom is -0.378 e. The fourth-order valence-corrected chi connectivity index (χ4v) is 6.10. The van der Waals surface area contributed by atoms with Crippen LogP contribution in [0.1, 0.15) is 12.0 Å². The van der Waals surface area contributed by atoms with E-state index in [0.717, 1.165) is 82.8 Å². The SMILES string of the molecule is Brc1c(-n2nnc3ccccc32)c(Br)c2nc(N3CCOCC3)n3c2c1CCC3. The van der Waals surface area contributed by atoms with Gasteiger partial charge >= 0.3 is 0 Å². The summed E-state index contributed by atoms with van der Waals surface area (Å²) in [6.07, 6.45) is 2.10. The Balaban J connectivity index is 1.64. The quantitative estimate of drug-likeness (QED) is 0.401.